The minimum atomic E-state index is -3.23. The summed E-state index contributed by atoms with van der Waals surface area (Å²) in [5.74, 6) is -1.14. The van der Waals surface area contributed by atoms with Crippen LogP contribution in [0.2, 0.25) is 5.02 Å². The summed E-state index contributed by atoms with van der Waals surface area (Å²) < 4.78 is 22.5. The van der Waals surface area contributed by atoms with Crippen LogP contribution in [0.5, 0.6) is 0 Å². The fourth-order valence-corrected chi connectivity index (χ4v) is 2.66. The molecule has 6 nitrogen and oxygen atoms in total. The van der Waals surface area contributed by atoms with E-state index in [9.17, 15) is 18.0 Å². The van der Waals surface area contributed by atoms with Crippen molar-refractivity contribution in [1.82, 2.24) is 10.6 Å². The van der Waals surface area contributed by atoms with Gasteiger partial charge >= 0.3 is 0 Å². The van der Waals surface area contributed by atoms with Crippen LogP contribution >= 0.6 is 11.6 Å². The van der Waals surface area contributed by atoms with Crippen molar-refractivity contribution in [2.45, 2.75) is 19.4 Å². The molecular weight excluding hydrogens is 328 g/mol. The second-order valence-electron chi connectivity index (χ2n) is 4.82. The van der Waals surface area contributed by atoms with Gasteiger partial charge < -0.3 is 10.6 Å². The van der Waals surface area contributed by atoms with E-state index in [1.165, 1.54) is 6.07 Å². The molecule has 0 fully saturated rings. The van der Waals surface area contributed by atoms with Gasteiger partial charge in [-0.05, 0) is 25.5 Å². The predicted octanol–water partition coefficient (Wildman–Crippen LogP) is 1.01. The Kier molecular flexibility index (Phi) is 6.83. The van der Waals surface area contributed by atoms with Gasteiger partial charge in [0.15, 0.2) is 0 Å². The minimum Gasteiger partial charge on any atom is -0.355 e. The zero-order chi connectivity index (χ0) is 16.8. The third-order valence-electron chi connectivity index (χ3n) is 2.87. The maximum absolute atomic E-state index is 12.2. The molecule has 0 aliphatic heterocycles. The van der Waals surface area contributed by atoms with Crippen molar-refractivity contribution < 1.29 is 18.0 Å². The Morgan fingerprint density at radius 3 is 2.45 bits per heavy atom. The van der Waals surface area contributed by atoms with E-state index in [2.05, 4.69) is 10.6 Å². The van der Waals surface area contributed by atoms with Gasteiger partial charge in [-0.25, -0.2) is 8.42 Å². The monoisotopic (exact) mass is 346 g/mol. The summed E-state index contributed by atoms with van der Waals surface area (Å²) in [6, 6.07) is 5.50. The van der Waals surface area contributed by atoms with Gasteiger partial charge in [-0.2, -0.15) is 0 Å². The molecule has 0 radical (unpaired) electrons. The van der Waals surface area contributed by atoms with Crippen LogP contribution in [0.4, 0.5) is 0 Å². The lowest BCUT2D eigenvalue weighted by Crippen LogP contribution is -2.47. The number of halogens is 1. The first kappa shape index (κ1) is 18.4. The lowest BCUT2D eigenvalue weighted by molar-refractivity contribution is -0.122. The molecule has 0 unspecified atom stereocenters. The molecule has 22 heavy (non-hydrogen) atoms. The normalized spacial score (nSPS) is 12.5. The quantitative estimate of drug-likeness (QED) is 0.770. The van der Waals surface area contributed by atoms with Crippen molar-refractivity contribution in [3.05, 3.63) is 34.9 Å². The van der Waals surface area contributed by atoms with E-state index in [1.807, 2.05) is 0 Å². The number of carbonyl (C=O) groups is 2. The molecule has 0 aliphatic rings. The van der Waals surface area contributed by atoms with Gasteiger partial charge in [0.2, 0.25) is 5.91 Å². The lowest BCUT2D eigenvalue weighted by atomic mass is 10.1. The topological polar surface area (TPSA) is 92.3 Å². The summed E-state index contributed by atoms with van der Waals surface area (Å²) in [6.45, 7) is 2.12. The van der Waals surface area contributed by atoms with E-state index in [0.29, 0.717) is 6.54 Å². The molecule has 0 aliphatic carbocycles. The van der Waals surface area contributed by atoms with Crippen LogP contribution in [0.3, 0.4) is 0 Å². The third-order valence-corrected chi connectivity index (χ3v) is 4.18. The maximum atomic E-state index is 12.2. The number of amides is 2. The van der Waals surface area contributed by atoms with Gasteiger partial charge in [0.25, 0.3) is 5.91 Å². The second-order valence-corrected chi connectivity index (χ2v) is 7.49. The van der Waals surface area contributed by atoms with Gasteiger partial charge in [0.1, 0.15) is 15.9 Å². The number of sulfone groups is 1. The highest BCUT2D eigenvalue weighted by atomic mass is 35.5. The van der Waals surface area contributed by atoms with Crippen LogP contribution < -0.4 is 10.6 Å². The first-order chi connectivity index (χ1) is 10.2. The number of hydrogen-bond donors (Lipinski definition) is 2. The maximum Gasteiger partial charge on any atom is 0.253 e. The Morgan fingerprint density at radius 2 is 1.91 bits per heavy atom. The van der Waals surface area contributed by atoms with Crippen LogP contribution in [-0.4, -0.2) is 44.8 Å². The molecule has 0 heterocycles. The number of likely N-dealkylation sites (N-methyl/N-ethyl adjacent to an activating group) is 1. The molecule has 0 aromatic heterocycles. The van der Waals surface area contributed by atoms with Crippen molar-refractivity contribution in [2.75, 3.05) is 18.6 Å². The Hall–Kier alpha value is -1.60. The third kappa shape index (κ3) is 6.03. The molecule has 2 N–H and O–H groups in total. The van der Waals surface area contributed by atoms with E-state index in [-0.39, 0.29) is 22.8 Å². The van der Waals surface area contributed by atoms with Crippen molar-refractivity contribution in [2.24, 2.45) is 0 Å². The molecule has 1 aromatic rings. The number of carbonyl (C=O) groups excluding carboxylic acids is 2. The zero-order valence-corrected chi connectivity index (χ0v) is 14.0. The minimum absolute atomic E-state index is 0.000852. The fraction of sp³-hybridized carbons (Fsp3) is 0.429. The number of nitrogens with one attached hydrogen (secondary N) is 2. The molecule has 0 spiro atoms. The Bertz CT molecular complexity index is 646. The molecule has 0 saturated carbocycles. The van der Waals surface area contributed by atoms with E-state index in [4.69, 9.17) is 11.6 Å². The van der Waals surface area contributed by atoms with Crippen LogP contribution in [0.25, 0.3) is 0 Å². The van der Waals surface area contributed by atoms with Gasteiger partial charge in [0, 0.05) is 12.8 Å². The van der Waals surface area contributed by atoms with Crippen molar-refractivity contribution in [1.29, 1.82) is 0 Å². The first-order valence-corrected chi connectivity index (χ1v) is 9.19. The van der Waals surface area contributed by atoms with Crippen LogP contribution in [0, 0.1) is 0 Å². The average Bonchev–Trinajstić information content (AvgIpc) is 2.42. The van der Waals surface area contributed by atoms with Gasteiger partial charge in [-0.1, -0.05) is 23.7 Å². The highest BCUT2D eigenvalue weighted by Gasteiger charge is 2.23. The molecule has 1 aromatic carbocycles. The van der Waals surface area contributed by atoms with Gasteiger partial charge in [0.05, 0.1) is 16.3 Å². The summed E-state index contributed by atoms with van der Waals surface area (Å²) in [5, 5.41) is 5.37. The second kappa shape index (κ2) is 8.14. The summed E-state index contributed by atoms with van der Waals surface area (Å²) in [5.41, 5.74) is 0.234. The Morgan fingerprint density at radius 1 is 1.27 bits per heavy atom. The van der Waals surface area contributed by atoms with Gasteiger partial charge in [-0.3, -0.25) is 9.59 Å². The van der Waals surface area contributed by atoms with Crippen molar-refractivity contribution in [3.63, 3.8) is 0 Å². The molecule has 0 saturated heterocycles. The SMILES string of the molecule is CCNC(=O)[C@H](CCS(C)(=O)=O)NC(=O)c1ccccc1Cl. The molecular formula is C14H19ClN2O4S. The molecule has 8 heteroatoms. The summed E-state index contributed by atoms with van der Waals surface area (Å²) in [6.07, 6.45) is 1.08. The summed E-state index contributed by atoms with van der Waals surface area (Å²) in [4.78, 5) is 24.1. The van der Waals surface area contributed by atoms with Crippen LogP contribution in [-0.2, 0) is 14.6 Å². The molecule has 122 valence electrons. The Labute approximate surface area is 135 Å². The molecule has 2 amide bonds. The van der Waals surface area contributed by atoms with E-state index in [1.54, 1.807) is 25.1 Å². The largest absolute Gasteiger partial charge is 0.355 e. The molecule has 0 bridgehead atoms. The Balaban J connectivity index is 2.85. The predicted molar refractivity (Wildman–Crippen MR) is 85.7 cm³/mol. The van der Waals surface area contributed by atoms with Crippen molar-refractivity contribution >= 4 is 33.3 Å². The number of benzene rings is 1. The zero-order valence-electron chi connectivity index (χ0n) is 12.4. The average molecular weight is 347 g/mol. The van der Waals surface area contributed by atoms with Crippen LogP contribution in [0.1, 0.15) is 23.7 Å². The van der Waals surface area contributed by atoms with Gasteiger partial charge in [-0.15, -0.1) is 0 Å². The van der Waals surface area contributed by atoms with Crippen LogP contribution in [0.15, 0.2) is 24.3 Å². The molecule has 1 atom stereocenters. The fourth-order valence-electron chi connectivity index (χ4n) is 1.78. The van der Waals surface area contributed by atoms with E-state index < -0.39 is 27.7 Å². The summed E-state index contributed by atoms with van der Waals surface area (Å²) >= 11 is 5.94. The number of rotatable bonds is 7. The van der Waals surface area contributed by atoms with Crippen molar-refractivity contribution in [3.8, 4) is 0 Å². The highest BCUT2D eigenvalue weighted by Crippen LogP contribution is 2.15. The smallest absolute Gasteiger partial charge is 0.253 e. The standard InChI is InChI=1S/C14H19ClN2O4S/c1-3-16-14(19)12(8-9-22(2,20)21)17-13(18)10-6-4-5-7-11(10)15/h4-7,12H,3,8-9H2,1-2H3,(H,16,19)(H,17,18)/t12-/m0/s1. The highest BCUT2D eigenvalue weighted by molar-refractivity contribution is 7.90. The first-order valence-electron chi connectivity index (χ1n) is 6.75. The summed E-state index contributed by atoms with van der Waals surface area (Å²) in [7, 11) is -3.23. The van der Waals surface area contributed by atoms with E-state index in [0.717, 1.165) is 6.26 Å². The molecule has 1 rings (SSSR count). The van der Waals surface area contributed by atoms with E-state index >= 15 is 0 Å². The number of hydrogen-bond acceptors (Lipinski definition) is 4. The lowest BCUT2D eigenvalue weighted by Gasteiger charge is -2.18.